The van der Waals surface area contributed by atoms with Gasteiger partial charge >= 0.3 is 0 Å². The predicted octanol–water partition coefficient (Wildman–Crippen LogP) is 1.72. The van der Waals surface area contributed by atoms with E-state index >= 15 is 0 Å². The molecule has 0 fully saturated rings. The largest absolute Gasteiger partial charge is 0.330 e. The van der Waals surface area contributed by atoms with Crippen molar-refractivity contribution in [2.75, 3.05) is 6.54 Å². The van der Waals surface area contributed by atoms with Crippen molar-refractivity contribution in [2.45, 2.75) is 32.9 Å². The van der Waals surface area contributed by atoms with Crippen molar-refractivity contribution in [2.24, 2.45) is 11.7 Å². The molecule has 0 aliphatic rings. The van der Waals surface area contributed by atoms with Gasteiger partial charge in [0.1, 0.15) is 5.67 Å². The highest BCUT2D eigenvalue weighted by Gasteiger charge is 2.25. The molecule has 0 aromatic rings. The average Bonchev–Trinajstić information content (AvgIpc) is 1.65. The van der Waals surface area contributed by atoms with Crippen molar-refractivity contribution < 1.29 is 4.39 Å². The van der Waals surface area contributed by atoms with Crippen LogP contribution in [0.2, 0.25) is 0 Å². The van der Waals surface area contributed by atoms with Gasteiger partial charge in [0.2, 0.25) is 0 Å². The first kappa shape index (κ1) is 8.89. The highest BCUT2D eigenvalue weighted by Crippen LogP contribution is 2.23. The Hall–Kier alpha value is -0.110. The maximum Gasteiger partial charge on any atom is 0.111 e. The molecule has 56 valence electrons. The monoisotopic (exact) mass is 133 g/mol. The van der Waals surface area contributed by atoms with E-state index in [2.05, 4.69) is 0 Å². The summed E-state index contributed by atoms with van der Waals surface area (Å²) in [5.74, 6) is 0.0704. The lowest BCUT2D eigenvalue weighted by molar-refractivity contribution is 0.115. The second-order valence-electron chi connectivity index (χ2n) is 2.97. The first-order chi connectivity index (χ1) is 4.00. The SMILES string of the molecule is CC(C)C(C)(F)CCN. The predicted molar refractivity (Wildman–Crippen MR) is 38.0 cm³/mol. The summed E-state index contributed by atoms with van der Waals surface area (Å²) in [5.41, 5.74) is 4.14. The van der Waals surface area contributed by atoms with Crippen LogP contribution in [0.4, 0.5) is 4.39 Å². The van der Waals surface area contributed by atoms with Crippen LogP contribution < -0.4 is 5.73 Å². The molecule has 0 amide bonds. The van der Waals surface area contributed by atoms with Crippen LogP contribution in [0.25, 0.3) is 0 Å². The number of hydrogen-bond donors (Lipinski definition) is 1. The van der Waals surface area contributed by atoms with Gasteiger partial charge in [-0.25, -0.2) is 4.39 Å². The zero-order valence-electron chi connectivity index (χ0n) is 6.45. The van der Waals surface area contributed by atoms with Gasteiger partial charge in [0.15, 0.2) is 0 Å². The quantitative estimate of drug-likeness (QED) is 0.623. The summed E-state index contributed by atoms with van der Waals surface area (Å²) in [7, 11) is 0. The van der Waals surface area contributed by atoms with Gasteiger partial charge in [-0.3, -0.25) is 0 Å². The summed E-state index contributed by atoms with van der Waals surface area (Å²) in [6.07, 6.45) is 0.463. The van der Waals surface area contributed by atoms with E-state index in [0.29, 0.717) is 13.0 Å². The molecule has 0 saturated heterocycles. The van der Waals surface area contributed by atoms with E-state index in [1.807, 2.05) is 13.8 Å². The molecular formula is C7H16FN. The fourth-order valence-corrected chi connectivity index (χ4v) is 0.571. The summed E-state index contributed by atoms with van der Waals surface area (Å²) < 4.78 is 13.1. The molecule has 0 aliphatic heterocycles. The Morgan fingerprint density at radius 1 is 1.56 bits per heavy atom. The summed E-state index contributed by atoms with van der Waals surface area (Å²) in [6, 6.07) is 0. The third kappa shape index (κ3) is 2.80. The molecular weight excluding hydrogens is 117 g/mol. The molecule has 1 nitrogen and oxygen atoms in total. The van der Waals surface area contributed by atoms with Crippen molar-refractivity contribution in [1.29, 1.82) is 0 Å². The second-order valence-corrected chi connectivity index (χ2v) is 2.97. The molecule has 0 radical (unpaired) electrons. The van der Waals surface area contributed by atoms with Gasteiger partial charge in [0.05, 0.1) is 0 Å². The van der Waals surface area contributed by atoms with Crippen LogP contribution in [0.1, 0.15) is 27.2 Å². The average molecular weight is 133 g/mol. The van der Waals surface area contributed by atoms with Gasteiger partial charge in [-0.2, -0.15) is 0 Å². The van der Waals surface area contributed by atoms with E-state index in [0.717, 1.165) is 0 Å². The van der Waals surface area contributed by atoms with Crippen molar-refractivity contribution >= 4 is 0 Å². The third-order valence-electron chi connectivity index (χ3n) is 1.84. The Kier molecular flexibility index (Phi) is 3.12. The standard InChI is InChI=1S/C7H16FN/c1-6(2)7(3,8)4-5-9/h6H,4-5,9H2,1-3H3. The van der Waals surface area contributed by atoms with Gasteiger partial charge in [-0.05, 0) is 25.8 Å². The molecule has 0 aliphatic carbocycles. The van der Waals surface area contributed by atoms with E-state index in [1.165, 1.54) is 0 Å². The number of nitrogens with two attached hydrogens (primary N) is 1. The molecule has 0 heterocycles. The Labute approximate surface area is 56.4 Å². The molecule has 0 saturated carbocycles. The van der Waals surface area contributed by atoms with Crippen molar-refractivity contribution in [3.63, 3.8) is 0 Å². The van der Waals surface area contributed by atoms with Crippen LogP contribution in [0, 0.1) is 5.92 Å². The topological polar surface area (TPSA) is 26.0 Å². The minimum atomic E-state index is -1.07. The van der Waals surface area contributed by atoms with Gasteiger partial charge in [0.25, 0.3) is 0 Å². The maximum absolute atomic E-state index is 13.1. The molecule has 0 aromatic carbocycles. The van der Waals surface area contributed by atoms with Crippen LogP contribution in [-0.4, -0.2) is 12.2 Å². The molecule has 2 N–H and O–H groups in total. The molecule has 1 atom stereocenters. The molecule has 9 heavy (non-hydrogen) atoms. The molecule has 0 rings (SSSR count). The lowest BCUT2D eigenvalue weighted by atomic mass is 9.91. The highest BCUT2D eigenvalue weighted by atomic mass is 19.1. The van der Waals surface area contributed by atoms with E-state index in [-0.39, 0.29) is 5.92 Å². The summed E-state index contributed by atoms with van der Waals surface area (Å²) in [5, 5.41) is 0. The normalized spacial score (nSPS) is 18.0. The third-order valence-corrected chi connectivity index (χ3v) is 1.84. The fraction of sp³-hybridized carbons (Fsp3) is 1.00. The maximum atomic E-state index is 13.1. The van der Waals surface area contributed by atoms with Crippen molar-refractivity contribution in [3.05, 3.63) is 0 Å². The van der Waals surface area contributed by atoms with Crippen LogP contribution in [0.5, 0.6) is 0 Å². The van der Waals surface area contributed by atoms with Crippen molar-refractivity contribution in [1.82, 2.24) is 0 Å². The van der Waals surface area contributed by atoms with E-state index < -0.39 is 5.67 Å². The number of alkyl halides is 1. The first-order valence-electron chi connectivity index (χ1n) is 3.39. The summed E-state index contributed by atoms with van der Waals surface area (Å²) in [6.45, 7) is 5.78. The zero-order valence-corrected chi connectivity index (χ0v) is 6.45. The second kappa shape index (κ2) is 3.16. The molecule has 2 heteroatoms. The van der Waals surface area contributed by atoms with Gasteiger partial charge in [-0.15, -0.1) is 0 Å². The summed E-state index contributed by atoms with van der Waals surface area (Å²) >= 11 is 0. The van der Waals surface area contributed by atoms with Crippen LogP contribution in [0.3, 0.4) is 0 Å². The first-order valence-corrected chi connectivity index (χ1v) is 3.39. The number of halogens is 1. The molecule has 0 spiro atoms. The minimum Gasteiger partial charge on any atom is -0.330 e. The number of rotatable bonds is 3. The van der Waals surface area contributed by atoms with E-state index in [4.69, 9.17) is 5.73 Å². The molecule has 1 unspecified atom stereocenters. The minimum absolute atomic E-state index is 0.0704. The molecule has 0 aromatic heterocycles. The Morgan fingerprint density at radius 2 is 2.00 bits per heavy atom. The lowest BCUT2D eigenvalue weighted by Crippen LogP contribution is -2.28. The van der Waals surface area contributed by atoms with E-state index in [9.17, 15) is 4.39 Å². The Morgan fingerprint density at radius 3 is 2.11 bits per heavy atom. The Balaban J connectivity index is 3.70. The molecule has 0 bridgehead atoms. The lowest BCUT2D eigenvalue weighted by Gasteiger charge is -2.23. The van der Waals surface area contributed by atoms with E-state index in [1.54, 1.807) is 6.92 Å². The van der Waals surface area contributed by atoms with Gasteiger partial charge in [0, 0.05) is 0 Å². The fourth-order valence-electron chi connectivity index (χ4n) is 0.571. The van der Waals surface area contributed by atoms with Crippen LogP contribution in [-0.2, 0) is 0 Å². The number of hydrogen-bond acceptors (Lipinski definition) is 1. The smallest absolute Gasteiger partial charge is 0.111 e. The van der Waals surface area contributed by atoms with Crippen molar-refractivity contribution in [3.8, 4) is 0 Å². The zero-order chi connectivity index (χ0) is 7.49. The van der Waals surface area contributed by atoms with Crippen LogP contribution in [0.15, 0.2) is 0 Å². The summed E-state index contributed by atoms with van der Waals surface area (Å²) in [4.78, 5) is 0. The van der Waals surface area contributed by atoms with Gasteiger partial charge < -0.3 is 5.73 Å². The van der Waals surface area contributed by atoms with Crippen LogP contribution >= 0.6 is 0 Å². The van der Waals surface area contributed by atoms with Gasteiger partial charge in [-0.1, -0.05) is 13.8 Å². The highest BCUT2D eigenvalue weighted by molar-refractivity contribution is 4.76. The Bertz CT molecular complexity index is 79.0.